The Morgan fingerprint density at radius 3 is 2.59 bits per heavy atom. The molecule has 8 heteroatoms. The average molecular weight is 445 g/mol. The molecule has 1 saturated heterocycles. The summed E-state index contributed by atoms with van der Waals surface area (Å²) >= 11 is 1.39. The molecule has 7 nitrogen and oxygen atoms in total. The maximum atomic E-state index is 12.9. The van der Waals surface area contributed by atoms with E-state index in [0.29, 0.717) is 35.3 Å². The number of aromatic nitrogens is 3. The first kappa shape index (κ1) is 20.3. The number of likely N-dealkylation sites (tertiary alicyclic amines) is 1. The summed E-state index contributed by atoms with van der Waals surface area (Å²) in [6, 6.07) is 14.7. The molecule has 0 spiro atoms. The third-order valence-corrected chi connectivity index (χ3v) is 6.57. The molecule has 3 heterocycles. The summed E-state index contributed by atoms with van der Waals surface area (Å²) in [4.78, 5) is 39.6. The first-order chi connectivity index (χ1) is 15.6. The summed E-state index contributed by atoms with van der Waals surface area (Å²) < 4.78 is 6.99. The topological polar surface area (TPSA) is 85.3 Å². The van der Waals surface area contributed by atoms with Crippen molar-refractivity contribution in [3.05, 3.63) is 77.2 Å². The predicted molar refractivity (Wildman–Crippen MR) is 121 cm³/mol. The van der Waals surface area contributed by atoms with Gasteiger partial charge in [-0.1, -0.05) is 12.1 Å². The van der Waals surface area contributed by atoms with E-state index in [1.165, 1.54) is 11.3 Å². The Morgan fingerprint density at radius 2 is 1.84 bits per heavy atom. The third kappa shape index (κ3) is 3.97. The maximum Gasteiger partial charge on any atom is 0.241 e. The van der Waals surface area contributed by atoms with Gasteiger partial charge in [-0.15, -0.1) is 11.3 Å². The summed E-state index contributed by atoms with van der Waals surface area (Å²) in [6.45, 7) is 2.90. The molecule has 1 atom stereocenters. The van der Waals surface area contributed by atoms with Gasteiger partial charge in [0.25, 0.3) is 0 Å². The molecule has 5 rings (SSSR count). The molecular formula is C24H20N4O3S. The van der Waals surface area contributed by atoms with E-state index in [1.807, 2.05) is 29.2 Å². The largest absolute Gasteiger partial charge is 0.437 e. The Kier molecular flexibility index (Phi) is 5.36. The fourth-order valence-corrected chi connectivity index (χ4v) is 4.77. The zero-order chi connectivity index (χ0) is 22.1. The van der Waals surface area contributed by atoms with E-state index in [4.69, 9.17) is 4.74 Å². The molecule has 1 aliphatic heterocycles. The zero-order valence-corrected chi connectivity index (χ0v) is 18.2. The molecule has 0 radical (unpaired) electrons. The number of hydrogen-bond donors (Lipinski definition) is 0. The molecule has 2 aromatic heterocycles. The van der Waals surface area contributed by atoms with Gasteiger partial charge in [-0.2, -0.15) is 0 Å². The Morgan fingerprint density at radius 1 is 1.06 bits per heavy atom. The molecule has 32 heavy (non-hydrogen) atoms. The van der Waals surface area contributed by atoms with Gasteiger partial charge in [-0.3, -0.25) is 14.6 Å². The molecule has 160 valence electrons. The Balaban J connectivity index is 1.33. The lowest BCUT2D eigenvalue weighted by molar-refractivity contribution is -0.127. The van der Waals surface area contributed by atoms with Crippen molar-refractivity contribution in [1.82, 2.24) is 19.9 Å². The van der Waals surface area contributed by atoms with Crippen molar-refractivity contribution >= 4 is 33.2 Å². The third-order valence-electron chi connectivity index (χ3n) is 5.53. The standard InChI is InChI=1S/C24H20N4O3S/c1-15(29)28-13-10-17(14-28)21-23(26-12-11-25-21)31-18-8-6-16(7-9-18)22(30)24-27-19-4-2-3-5-20(19)32-24/h2-9,11-12,17H,10,13-14H2,1H3. The lowest BCUT2D eigenvalue weighted by Gasteiger charge is -2.15. The number of ether oxygens (including phenoxy) is 1. The van der Waals surface area contributed by atoms with Crippen molar-refractivity contribution in [3.63, 3.8) is 0 Å². The van der Waals surface area contributed by atoms with Crippen LogP contribution in [-0.2, 0) is 4.79 Å². The molecule has 0 aliphatic carbocycles. The molecule has 1 fully saturated rings. The van der Waals surface area contributed by atoms with Crippen LogP contribution in [0.25, 0.3) is 10.2 Å². The van der Waals surface area contributed by atoms with E-state index in [9.17, 15) is 9.59 Å². The van der Waals surface area contributed by atoms with E-state index in [2.05, 4.69) is 15.0 Å². The number of nitrogens with zero attached hydrogens (tertiary/aromatic N) is 4. The normalized spacial score (nSPS) is 15.8. The summed E-state index contributed by atoms with van der Waals surface area (Å²) in [5.74, 6) is 1.02. The minimum Gasteiger partial charge on any atom is -0.437 e. The van der Waals surface area contributed by atoms with Crippen LogP contribution in [0.5, 0.6) is 11.6 Å². The Hall–Kier alpha value is -3.65. The monoisotopic (exact) mass is 444 g/mol. The Bertz CT molecular complexity index is 1270. The van der Waals surface area contributed by atoms with E-state index >= 15 is 0 Å². The summed E-state index contributed by atoms with van der Waals surface area (Å²) in [6.07, 6.45) is 4.05. The number of carbonyl (C=O) groups is 2. The molecule has 1 amide bonds. The van der Waals surface area contributed by atoms with Gasteiger partial charge in [-0.05, 0) is 42.8 Å². The van der Waals surface area contributed by atoms with Gasteiger partial charge < -0.3 is 9.64 Å². The van der Waals surface area contributed by atoms with Gasteiger partial charge >= 0.3 is 0 Å². The molecule has 1 unspecified atom stereocenters. The molecule has 0 saturated carbocycles. The van der Waals surface area contributed by atoms with Crippen LogP contribution in [-0.4, -0.2) is 44.6 Å². The number of carbonyl (C=O) groups excluding carboxylic acids is 2. The number of hydrogen-bond acceptors (Lipinski definition) is 7. The number of para-hydroxylation sites is 1. The number of thiazole rings is 1. The predicted octanol–water partition coefficient (Wildman–Crippen LogP) is 4.45. The van der Waals surface area contributed by atoms with Gasteiger partial charge in [0, 0.05) is 43.9 Å². The average Bonchev–Trinajstić information content (AvgIpc) is 3.47. The first-order valence-electron chi connectivity index (χ1n) is 10.3. The van der Waals surface area contributed by atoms with E-state index in [-0.39, 0.29) is 17.6 Å². The number of amides is 1. The maximum absolute atomic E-state index is 12.9. The van der Waals surface area contributed by atoms with Crippen molar-refractivity contribution in [3.8, 4) is 11.6 Å². The molecule has 2 aromatic carbocycles. The van der Waals surface area contributed by atoms with E-state index in [0.717, 1.165) is 22.3 Å². The van der Waals surface area contributed by atoms with Crippen LogP contribution in [0, 0.1) is 0 Å². The van der Waals surface area contributed by atoms with Crippen molar-refractivity contribution in [2.75, 3.05) is 13.1 Å². The van der Waals surface area contributed by atoms with Gasteiger partial charge in [0.2, 0.25) is 17.6 Å². The highest BCUT2D eigenvalue weighted by Crippen LogP contribution is 2.33. The van der Waals surface area contributed by atoms with Gasteiger partial charge in [0.05, 0.1) is 10.2 Å². The fourth-order valence-electron chi connectivity index (χ4n) is 3.84. The zero-order valence-electron chi connectivity index (χ0n) is 17.4. The van der Waals surface area contributed by atoms with Gasteiger partial charge in [0.15, 0.2) is 5.01 Å². The van der Waals surface area contributed by atoms with E-state index < -0.39 is 0 Å². The highest BCUT2D eigenvalue weighted by Gasteiger charge is 2.29. The van der Waals surface area contributed by atoms with Crippen LogP contribution in [0.3, 0.4) is 0 Å². The lowest BCUT2D eigenvalue weighted by atomic mass is 10.1. The van der Waals surface area contributed by atoms with Gasteiger partial charge in [0.1, 0.15) is 11.4 Å². The summed E-state index contributed by atoms with van der Waals surface area (Å²) in [7, 11) is 0. The molecule has 0 N–H and O–H groups in total. The highest BCUT2D eigenvalue weighted by atomic mass is 32.1. The number of rotatable bonds is 5. The second-order valence-corrected chi connectivity index (χ2v) is 8.67. The van der Waals surface area contributed by atoms with Crippen LogP contribution in [0.4, 0.5) is 0 Å². The van der Waals surface area contributed by atoms with Gasteiger partial charge in [-0.25, -0.2) is 9.97 Å². The number of benzene rings is 2. The first-order valence-corrected chi connectivity index (χ1v) is 11.1. The van der Waals surface area contributed by atoms with Crippen LogP contribution in [0.15, 0.2) is 60.9 Å². The highest BCUT2D eigenvalue weighted by molar-refractivity contribution is 7.20. The molecule has 4 aromatic rings. The summed E-state index contributed by atoms with van der Waals surface area (Å²) in [5, 5.41) is 0.465. The minimum absolute atomic E-state index is 0.0623. The second kappa shape index (κ2) is 8.47. The summed E-state index contributed by atoms with van der Waals surface area (Å²) in [5.41, 5.74) is 2.11. The molecule has 1 aliphatic rings. The van der Waals surface area contributed by atoms with Crippen molar-refractivity contribution in [1.29, 1.82) is 0 Å². The van der Waals surface area contributed by atoms with Crippen LogP contribution in [0.1, 0.15) is 40.3 Å². The van der Waals surface area contributed by atoms with Crippen molar-refractivity contribution in [2.24, 2.45) is 0 Å². The van der Waals surface area contributed by atoms with Crippen LogP contribution in [0.2, 0.25) is 0 Å². The van der Waals surface area contributed by atoms with E-state index in [1.54, 1.807) is 43.6 Å². The van der Waals surface area contributed by atoms with Crippen molar-refractivity contribution in [2.45, 2.75) is 19.3 Å². The number of ketones is 1. The van der Waals surface area contributed by atoms with Crippen LogP contribution >= 0.6 is 11.3 Å². The smallest absolute Gasteiger partial charge is 0.241 e. The minimum atomic E-state index is -0.117. The fraction of sp³-hybridized carbons (Fsp3) is 0.208. The molecular weight excluding hydrogens is 424 g/mol. The van der Waals surface area contributed by atoms with Crippen LogP contribution < -0.4 is 4.74 Å². The SMILES string of the molecule is CC(=O)N1CCC(c2nccnc2Oc2ccc(C(=O)c3nc4ccccc4s3)cc2)C1. The number of fused-ring (bicyclic) bond motifs is 1. The Labute approximate surface area is 188 Å². The lowest BCUT2D eigenvalue weighted by Crippen LogP contribution is -2.25. The van der Waals surface area contributed by atoms with Crippen molar-refractivity contribution < 1.29 is 14.3 Å². The second-order valence-electron chi connectivity index (χ2n) is 7.64. The molecule has 0 bridgehead atoms. The quantitative estimate of drug-likeness (QED) is 0.423.